The van der Waals surface area contributed by atoms with E-state index in [0.29, 0.717) is 25.4 Å². The Labute approximate surface area is 95.7 Å². The van der Waals surface area contributed by atoms with Gasteiger partial charge in [-0.3, -0.25) is 4.79 Å². The van der Waals surface area contributed by atoms with Gasteiger partial charge >= 0.3 is 0 Å². The molecule has 3 nitrogen and oxygen atoms in total. The van der Waals surface area contributed by atoms with Gasteiger partial charge in [0.2, 0.25) is 5.91 Å². The summed E-state index contributed by atoms with van der Waals surface area (Å²) in [6.45, 7) is 3.63. The summed E-state index contributed by atoms with van der Waals surface area (Å²) in [6, 6.07) is 7.96. The van der Waals surface area contributed by atoms with Crippen molar-refractivity contribution in [1.82, 2.24) is 4.90 Å². The van der Waals surface area contributed by atoms with Crippen LogP contribution in [0.4, 0.5) is 0 Å². The fourth-order valence-corrected chi connectivity index (χ4v) is 1.97. The number of hydrogen-bond donors (Lipinski definition) is 1. The third kappa shape index (κ3) is 2.25. The maximum Gasteiger partial charge on any atom is 0.227 e. The van der Waals surface area contributed by atoms with Crippen molar-refractivity contribution in [3.8, 4) is 0 Å². The number of aryl methyl sites for hydroxylation is 1. The second-order valence-corrected chi connectivity index (χ2v) is 4.45. The molecule has 1 aromatic carbocycles. The van der Waals surface area contributed by atoms with Gasteiger partial charge in [0.15, 0.2) is 0 Å². The van der Waals surface area contributed by atoms with Gasteiger partial charge in [0.1, 0.15) is 0 Å². The third-order valence-electron chi connectivity index (χ3n) is 3.17. The summed E-state index contributed by atoms with van der Waals surface area (Å²) >= 11 is 0. The minimum Gasteiger partial charge on any atom is -0.396 e. The van der Waals surface area contributed by atoms with Crippen LogP contribution in [0.25, 0.3) is 0 Å². The summed E-state index contributed by atoms with van der Waals surface area (Å²) in [6.07, 6.45) is 0.477. The highest BCUT2D eigenvalue weighted by molar-refractivity contribution is 5.79. The van der Waals surface area contributed by atoms with Crippen molar-refractivity contribution in [2.45, 2.75) is 13.3 Å². The van der Waals surface area contributed by atoms with E-state index >= 15 is 0 Å². The molecule has 0 unspecified atom stereocenters. The van der Waals surface area contributed by atoms with E-state index in [2.05, 4.69) is 0 Å². The van der Waals surface area contributed by atoms with Crippen LogP contribution in [-0.2, 0) is 11.2 Å². The van der Waals surface area contributed by atoms with Gasteiger partial charge in [0.25, 0.3) is 0 Å². The van der Waals surface area contributed by atoms with Crippen LogP contribution in [0.1, 0.15) is 11.1 Å². The lowest BCUT2D eigenvalue weighted by molar-refractivity contribution is -0.137. The van der Waals surface area contributed by atoms with Gasteiger partial charge in [-0.1, -0.05) is 24.3 Å². The SMILES string of the molecule is Cc1ccccc1CC(=O)N1CC(CO)C1. The number of aliphatic hydroxyl groups excluding tert-OH is 1. The zero-order valence-electron chi connectivity index (χ0n) is 9.52. The number of aliphatic hydroxyl groups is 1. The fourth-order valence-electron chi connectivity index (χ4n) is 1.97. The van der Waals surface area contributed by atoms with E-state index in [1.165, 1.54) is 0 Å². The first-order valence-corrected chi connectivity index (χ1v) is 5.64. The molecule has 1 aromatic rings. The number of hydrogen-bond acceptors (Lipinski definition) is 2. The lowest BCUT2D eigenvalue weighted by Gasteiger charge is -2.38. The van der Waals surface area contributed by atoms with E-state index < -0.39 is 0 Å². The van der Waals surface area contributed by atoms with E-state index in [-0.39, 0.29) is 12.5 Å². The molecule has 0 atom stereocenters. The summed E-state index contributed by atoms with van der Waals surface area (Å²) in [4.78, 5) is 13.7. The van der Waals surface area contributed by atoms with Gasteiger partial charge in [0, 0.05) is 25.6 Å². The molecule has 1 fully saturated rings. The quantitative estimate of drug-likeness (QED) is 0.823. The van der Waals surface area contributed by atoms with Crippen LogP contribution in [0, 0.1) is 12.8 Å². The normalized spacial score (nSPS) is 16.0. The number of benzene rings is 1. The van der Waals surface area contributed by atoms with Crippen molar-refractivity contribution in [2.24, 2.45) is 5.92 Å². The molecule has 1 aliphatic rings. The Balaban J connectivity index is 1.91. The fraction of sp³-hybridized carbons (Fsp3) is 0.462. The largest absolute Gasteiger partial charge is 0.396 e. The highest BCUT2D eigenvalue weighted by Crippen LogP contribution is 2.17. The van der Waals surface area contributed by atoms with E-state index in [1.54, 1.807) is 0 Å². The molecule has 0 saturated carbocycles. The number of rotatable bonds is 3. The molecular weight excluding hydrogens is 202 g/mol. The predicted octanol–water partition coefficient (Wildman–Crippen LogP) is 0.988. The first-order valence-electron chi connectivity index (χ1n) is 5.64. The number of likely N-dealkylation sites (tertiary alicyclic amines) is 1. The van der Waals surface area contributed by atoms with Crippen molar-refractivity contribution in [3.63, 3.8) is 0 Å². The van der Waals surface area contributed by atoms with Crippen LogP contribution in [-0.4, -0.2) is 35.6 Å². The Bertz CT molecular complexity index is 383. The molecule has 3 heteroatoms. The van der Waals surface area contributed by atoms with Gasteiger partial charge in [-0.15, -0.1) is 0 Å². The van der Waals surface area contributed by atoms with Crippen molar-refractivity contribution < 1.29 is 9.90 Å². The molecule has 1 N–H and O–H groups in total. The van der Waals surface area contributed by atoms with Crippen LogP contribution in [0.15, 0.2) is 24.3 Å². The second kappa shape index (κ2) is 4.66. The first kappa shape index (κ1) is 11.1. The molecule has 0 spiro atoms. The lowest BCUT2D eigenvalue weighted by atomic mass is 9.99. The lowest BCUT2D eigenvalue weighted by Crippen LogP contribution is -2.51. The minimum absolute atomic E-state index is 0.166. The Morgan fingerprint density at radius 3 is 2.75 bits per heavy atom. The standard InChI is InChI=1S/C13H17NO2/c1-10-4-2-3-5-12(10)6-13(16)14-7-11(8-14)9-15/h2-5,11,15H,6-9H2,1H3. The molecule has 0 aromatic heterocycles. The third-order valence-corrected chi connectivity index (χ3v) is 3.17. The van der Waals surface area contributed by atoms with Gasteiger partial charge in [-0.05, 0) is 18.1 Å². The molecule has 0 aliphatic carbocycles. The van der Waals surface area contributed by atoms with Gasteiger partial charge < -0.3 is 10.0 Å². The molecule has 1 aliphatic heterocycles. The number of carbonyl (C=O) groups is 1. The maximum absolute atomic E-state index is 11.9. The van der Waals surface area contributed by atoms with Gasteiger partial charge in [-0.25, -0.2) is 0 Å². The summed E-state index contributed by atoms with van der Waals surface area (Å²) in [5, 5.41) is 8.88. The van der Waals surface area contributed by atoms with Crippen LogP contribution in [0.2, 0.25) is 0 Å². The maximum atomic E-state index is 11.9. The molecule has 1 heterocycles. The molecule has 2 rings (SSSR count). The molecule has 1 amide bonds. The molecule has 0 bridgehead atoms. The Morgan fingerprint density at radius 2 is 2.12 bits per heavy atom. The van der Waals surface area contributed by atoms with Gasteiger partial charge in [0.05, 0.1) is 6.42 Å². The van der Waals surface area contributed by atoms with E-state index in [4.69, 9.17) is 5.11 Å². The highest BCUT2D eigenvalue weighted by Gasteiger charge is 2.29. The summed E-state index contributed by atoms with van der Waals surface area (Å²) in [5.74, 6) is 0.458. The van der Waals surface area contributed by atoms with Crippen molar-refractivity contribution in [3.05, 3.63) is 35.4 Å². The number of amides is 1. The van der Waals surface area contributed by atoms with E-state index in [0.717, 1.165) is 11.1 Å². The van der Waals surface area contributed by atoms with E-state index in [9.17, 15) is 4.79 Å². The molecule has 0 radical (unpaired) electrons. The molecule has 1 saturated heterocycles. The Hall–Kier alpha value is -1.35. The zero-order valence-corrected chi connectivity index (χ0v) is 9.52. The summed E-state index contributed by atoms with van der Waals surface area (Å²) in [7, 11) is 0. The molecule has 86 valence electrons. The highest BCUT2D eigenvalue weighted by atomic mass is 16.3. The van der Waals surface area contributed by atoms with Gasteiger partial charge in [-0.2, -0.15) is 0 Å². The van der Waals surface area contributed by atoms with Crippen molar-refractivity contribution in [1.29, 1.82) is 0 Å². The first-order chi connectivity index (χ1) is 7.70. The minimum atomic E-state index is 0.166. The van der Waals surface area contributed by atoms with Crippen molar-refractivity contribution in [2.75, 3.05) is 19.7 Å². The van der Waals surface area contributed by atoms with Crippen LogP contribution >= 0.6 is 0 Å². The monoisotopic (exact) mass is 219 g/mol. The summed E-state index contributed by atoms with van der Waals surface area (Å²) < 4.78 is 0. The van der Waals surface area contributed by atoms with Crippen LogP contribution in [0.3, 0.4) is 0 Å². The second-order valence-electron chi connectivity index (χ2n) is 4.45. The molecule has 16 heavy (non-hydrogen) atoms. The average molecular weight is 219 g/mol. The molecular formula is C13H17NO2. The van der Waals surface area contributed by atoms with Crippen LogP contribution in [0.5, 0.6) is 0 Å². The smallest absolute Gasteiger partial charge is 0.227 e. The number of nitrogens with zero attached hydrogens (tertiary/aromatic N) is 1. The van der Waals surface area contributed by atoms with Crippen molar-refractivity contribution >= 4 is 5.91 Å². The zero-order chi connectivity index (χ0) is 11.5. The Morgan fingerprint density at radius 1 is 1.44 bits per heavy atom. The summed E-state index contributed by atoms with van der Waals surface area (Å²) in [5.41, 5.74) is 2.26. The topological polar surface area (TPSA) is 40.5 Å². The average Bonchev–Trinajstić information content (AvgIpc) is 2.20. The Kier molecular flexibility index (Phi) is 3.25. The number of carbonyl (C=O) groups excluding carboxylic acids is 1. The predicted molar refractivity (Wildman–Crippen MR) is 62.0 cm³/mol. The van der Waals surface area contributed by atoms with E-state index in [1.807, 2.05) is 36.1 Å². The van der Waals surface area contributed by atoms with Crippen LogP contribution < -0.4 is 0 Å².